The summed E-state index contributed by atoms with van der Waals surface area (Å²) in [6.45, 7) is 7.70. The summed E-state index contributed by atoms with van der Waals surface area (Å²) in [5.41, 5.74) is 0. The maximum Gasteiger partial charge on any atom is 0.306 e. The van der Waals surface area contributed by atoms with E-state index in [4.69, 9.17) is 14.2 Å². The van der Waals surface area contributed by atoms with Crippen LogP contribution in [-0.2, 0) is 23.8 Å². The van der Waals surface area contributed by atoms with Crippen LogP contribution in [-0.4, -0.2) is 37.9 Å². The topological polar surface area (TPSA) is 61.8 Å². The quantitative estimate of drug-likeness (QED) is 0.0346. The molecule has 0 saturated heterocycles. The molecule has 0 aliphatic carbocycles. The van der Waals surface area contributed by atoms with Crippen molar-refractivity contribution in [3.05, 3.63) is 48.6 Å². The van der Waals surface area contributed by atoms with E-state index in [-0.39, 0.29) is 25.2 Å². The SMILES string of the molecule is CC/C=C\C/C=C\C/C=C\C/C=C\CCCCCCCCCOCC(COC(=O)CCCCCCCCCCCCCCCCCCCCC)OC(=O)CCCCCCCCC. The first-order valence-corrected chi connectivity index (χ1v) is 27.2. The van der Waals surface area contributed by atoms with Crippen molar-refractivity contribution in [3.63, 3.8) is 0 Å². The number of hydrogen-bond donors (Lipinski definition) is 0. The van der Waals surface area contributed by atoms with Gasteiger partial charge in [0.15, 0.2) is 6.10 Å². The van der Waals surface area contributed by atoms with E-state index in [1.165, 1.54) is 180 Å². The number of carbonyl (C=O) groups excluding carboxylic acids is 2. The molecule has 0 radical (unpaired) electrons. The predicted octanol–water partition coefficient (Wildman–Crippen LogP) is 18.3. The molecule has 0 amide bonds. The highest BCUT2D eigenvalue weighted by molar-refractivity contribution is 5.70. The smallest absolute Gasteiger partial charge is 0.306 e. The van der Waals surface area contributed by atoms with Gasteiger partial charge in [0.25, 0.3) is 0 Å². The van der Waals surface area contributed by atoms with Gasteiger partial charge in [-0.25, -0.2) is 0 Å². The highest BCUT2D eigenvalue weighted by atomic mass is 16.6. The van der Waals surface area contributed by atoms with Crippen molar-refractivity contribution in [1.82, 2.24) is 0 Å². The van der Waals surface area contributed by atoms with Gasteiger partial charge >= 0.3 is 11.9 Å². The molecule has 1 atom stereocenters. The molecular formula is C57H104O5. The van der Waals surface area contributed by atoms with Crippen molar-refractivity contribution in [1.29, 1.82) is 0 Å². The Morgan fingerprint density at radius 1 is 0.371 bits per heavy atom. The van der Waals surface area contributed by atoms with E-state index >= 15 is 0 Å². The average molecular weight is 869 g/mol. The van der Waals surface area contributed by atoms with E-state index in [0.29, 0.717) is 19.4 Å². The van der Waals surface area contributed by atoms with Crippen LogP contribution >= 0.6 is 0 Å². The van der Waals surface area contributed by atoms with Crippen LogP contribution in [0.25, 0.3) is 0 Å². The Bertz CT molecular complexity index is 1030. The summed E-state index contributed by atoms with van der Waals surface area (Å²) < 4.78 is 17.4. The summed E-state index contributed by atoms with van der Waals surface area (Å²) in [6, 6.07) is 0. The summed E-state index contributed by atoms with van der Waals surface area (Å²) in [5, 5.41) is 0. The maximum absolute atomic E-state index is 12.7. The van der Waals surface area contributed by atoms with Crippen LogP contribution in [0.5, 0.6) is 0 Å². The van der Waals surface area contributed by atoms with E-state index in [2.05, 4.69) is 69.4 Å². The standard InChI is InChI=1S/C57H104O5/c1-4-7-10-13-16-18-20-22-24-26-28-30-32-34-36-38-40-43-46-49-52-60-53-55(62-57(59)51-48-45-41-15-12-9-6-3)54-61-56(58)50-47-44-42-39-37-35-33-31-29-27-25-23-21-19-17-14-11-8-5-2/h7,10,16,18,22,24,28,30,55H,4-6,8-9,11-15,17,19-21,23,25-27,29,31-54H2,1-3H3/b10-7-,18-16-,24-22-,30-28-. The van der Waals surface area contributed by atoms with Crippen molar-refractivity contribution in [3.8, 4) is 0 Å². The summed E-state index contributed by atoms with van der Waals surface area (Å²) in [6.07, 6.45) is 65.7. The lowest BCUT2D eigenvalue weighted by Crippen LogP contribution is -2.30. The van der Waals surface area contributed by atoms with Crippen LogP contribution < -0.4 is 0 Å². The fraction of sp³-hybridized carbons (Fsp3) is 0.825. The van der Waals surface area contributed by atoms with E-state index in [9.17, 15) is 9.59 Å². The third-order valence-corrected chi connectivity index (χ3v) is 11.9. The average Bonchev–Trinajstić information content (AvgIpc) is 3.27. The van der Waals surface area contributed by atoms with Crippen LogP contribution in [0.1, 0.15) is 278 Å². The lowest BCUT2D eigenvalue weighted by molar-refractivity contribution is -0.163. The van der Waals surface area contributed by atoms with Crippen molar-refractivity contribution in [2.24, 2.45) is 0 Å². The maximum atomic E-state index is 12.7. The summed E-state index contributed by atoms with van der Waals surface area (Å²) in [4.78, 5) is 25.3. The van der Waals surface area contributed by atoms with Crippen LogP contribution in [0, 0.1) is 0 Å². The third kappa shape index (κ3) is 50.5. The fourth-order valence-electron chi connectivity index (χ4n) is 7.86. The molecular weight excluding hydrogens is 765 g/mol. The first-order chi connectivity index (χ1) is 30.6. The number of rotatable bonds is 50. The second-order valence-corrected chi connectivity index (χ2v) is 18.1. The summed E-state index contributed by atoms with van der Waals surface area (Å²) in [5.74, 6) is -0.396. The molecule has 0 aromatic heterocycles. The van der Waals surface area contributed by atoms with Crippen molar-refractivity contribution in [2.45, 2.75) is 284 Å². The van der Waals surface area contributed by atoms with E-state index < -0.39 is 6.10 Å². The van der Waals surface area contributed by atoms with Gasteiger partial charge in [-0.15, -0.1) is 0 Å². The normalized spacial score (nSPS) is 12.5. The number of hydrogen-bond acceptors (Lipinski definition) is 5. The largest absolute Gasteiger partial charge is 0.462 e. The van der Waals surface area contributed by atoms with Crippen molar-refractivity contribution < 1.29 is 23.8 Å². The zero-order valence-electron chi connectivity index (χ0n) is 41.6. The van der Waals surface area contributed by atoms with E-state index in [1.807, 2.05) is 0 Å². The molecule has 0 rings (SSSR count). The van der Waals surface area contributed by atoms with Crippen LogP contribution in [0.3, 0.4) is 0 Å². The predicted molar refractivity (Wildman–Crippen MR) is 270 cm³/mol. The fourth-order valence-corrected chi connectivity index (χ4v) is 7.86. The molecule has 0 spiro atoms. The number of unbranched alkanes of at least 4 members (excludes halogenated alkanes) is 31. The first-order valence-electron chi connectivity index (χ1n) is 27.2. The van der Waals surface area contributed by atoms with Gasteiger partial charge in [-0.3, -0.25) is 9.59 Å². The Morgan fingerprint density at radius 2 is 0.726 bits per heavy atom. The van der Waals surface area contributed by atoms with E-state index in [0.717, 1.165) is 64.2 Å². The molecule has 0 aromatic carbocycles. The lowest BCUT2D eigenvalue weighted by Gasteiger charge is -2.18. The van der Waals surface area contributed by atoms with Crippen molar-refractivity contribution >= 4 is 11.9 Å². The van der Waals surface area contributed by atoms with Crippen LogP contribution in [0.15, 0.2) is 48.6 Å². The molecule has 0 aliphatic rings. The molecule has 0 N–H and O–H groups in total. The lowest BCUT2D eigenvalue weighted by atomic mass is 10.0. The molecule has 0 saturated carbocycles. The van der Waals surface area contributed by atoms with Gasteiger partial charge < -0.3 is 14.2 Å². The molecule has 5 nitrogen and oxygen atoms in total. The molecule has 362 valence electrons. The van der Waals surface area contributed by atoms with Gasteiger partial charge in [0.1, 0.15) is 6.61 Å². The van der Waals surface area contributed by atoms with Gasteiger partial charge in [-0.1, -0.05) is 256 Å². The molecule has 0 aromatic rings. The highest BCUT2D eigenvalue weighted by Crippen LogP contribution is 2.16. The Balaban J connectivity index is 4.07. The van der Waals surface area contributed by atoms with Gasteiger partial charge in [-0.05, 0) is 57.8 Å². The number of ether oxygens (including phenoxy) is 3. The van der Waals surface area contributed by atoms with Gasteiger partial charge in [-0.2, -0.15) is 0 Å². The monoisotopic (exact) mass is 869 g/mol. The minimum absolute atomic E-state index is 0.0849. The van der Waals surface area contributed by atoms with Gasteiger partial charge in [0.2, 0.25) is 0 Å². The minimum atomic E-state index is -0.536. The Morgan fingerprint density at radius 3 is 1.16 bits per heavy atom. The number of esters is 2. The van der Waals surface area contributed by atoms with Crippen molar-refractivity contribution in [2.75, 3.05) is 19.8 Å². The Labute approximate surface area is 386 Å². The minimum Gasteiger partial charge on any atom is -0.462 e. The van der Waals surface area contributed by atoms with Crippen LogP contribution in [0.4, 0.5) is 0 Å². The number of allylic oxidation sites excluding steroid dienone is 8. The number of carbonyl (C=O) groups is 2. The summed E-state index contributed by atoms with van der Waals surface area (Å²) in [7, 11) is 0. The molecule has 1 unspecified atom stereocenters. The molecule has 0 aliphatic heterocycles. The molecule has 0 fully saturated rings. The zero-order valence-corrected chi connectivity index (χ0v) is 41.6. The second-order valence-electron chi connectivity index (χ2n) is 18.1. The second kappa shape index (κ2) is 53.2. The zero-order chi connectivity index (χ0) is 44.9. The Kier molecular flexibility index (Phi) is 51.4. The highest BCUT2D eigenvalue weighted by Gasteiger charge is 2.17. The molecule has 0 heterocycles. The molecule has 5 heteroatoms. The van der Waals surface area contributed by atoms with Crippen LogP contribution in [0.2, 0.25) is 0 Å². The van der Waals surface area contributed by atoms with Gasteiger partial charge in [0, 0.05) is 19.4 Å². The first kappa shape index (κ1) is 59.9. The van der Waals surface area contributed by atoms with E-state index in [1.54, 1.807) is 0 Å². The van der Waals surface area contributed by atoms with Gasteiger partial charge in [0.05, 0.1) is 6.61 Å². The third-order valence-electron chi connectivity index (χ3n) is 11.9. The molecule has 62 heavy (non-hydrogen) atoms. The molecule has 0 bridgehead atoms. The summed E-state index contributed by atoms with van der Waals surface area (Å²) >= 11 is 0. The Hall–Kier alpha value is -2.14.